The molecule has 0 radical (unpaired) electrons. The standard InChI is InChI=1S/2C21H30O5.H2O/c2*1-20-9-16(24)19-13(14(20)5-6-15(20)17(25)10-22)4-3-11-7-12(23)8-18(26)21(11,19)2;/h2*7,13-16,18-19,22,24,26H,3-6,8-10H2,1-2H3;1H2/t2*13-,14-,15+,16-,18+,19+,20-,21+;/m00./s1. The van der Waals surface area contributed by atoms with Gasteiger partial charge in [0.05, 0.1) is 24.4 Å². The van der Waals surface area contributed by atoms with Crippen LogP contribution in [0.1, 0.15) is 105 Å². The number of Topliss-reactive ketones (excluding diaryl/α,β-unsaturated/α-hetero) is 2. The van der Waals surface area contributed by atoms with Crippen LogP contribution in [0.15, 0.2) is 23.3 Å². The molecule has 8 aliphatic carbocycles. The molecule has 6 saturated carbocycles. The highest BCUT2D eigenvalue weighted by atomic mass is 16.3. The Bertz CT molecular complexity index is 1450. The molecular weight excluding hydrogens is 680 g/mol. The largest absolute Gasteiger partial charge is 0.412 e. The zero-order valence-electron chi connectivity index (χ0n) is 31.8. The van der Waals surface area contributed by atoms with Crippen LogP contribution in [0.5, 0.6) is 0 Å². The van der Waals surface area contributed by atoms with Gasteiger partial charge in [0.15, 0.2) is 23.1 Å². The molecule has 0 spiro atoms. The van der Waals surface area contributed by atoms with E-state index in [1.165, 1.54) is 0 Å². The molecule has 0 bridgehead atoms. The molecule has 53 heavy (non-hydrogen) atoms. The molecule has 16 atom stereocenters. The minimum absolute atomic E-state index is 0. The molecule has 0 heterocycles. The van der Waals surface area contributed by atoms with Gasteiger partial charge in [0.2, 0.25) is 0 Å². The molecular formula is C42H62O11. The third-order valence-electron chi connectivity index (χ3n) is 17.1. The van der Waals surface area contributed by atoms with E-state index >= 15 is 0 Å². The summed E-state index contributed by atoms with van der Waals surface area (Å²) in [5, 5.41) is 62.7. The number of hydrogen-bond acceptors (Lipinski definition) is 10. The van der Waals surface area contributed by atoms with Crippen molar-refractivity contribution in [2.24, 2.45) is 69.0 Å². The topological polar surface area (TPSA) is 221 Å². The predicted molar refractivity (Wildman–Crippen MR) is 194 cm³/mol. The fourth-order valence-electron chi connectivity index (χ4n) is 14.7. The van der Waals surface area contributed by atoms with Gasteiger partial charge < -0.3 is 36.1 Å². The molecule has 0 aromatic carbocycles. The zero-order valence-corrected chi connectivity index (χ0v) is 31.8. The smallest absolute Gasteiger partial charge is 0.161 e. The summed E-state index contributed by atoms with van der Waals surface area (Å²) in [6, 6.07) is 0. The van der Waals surface area contributed by atoms with E-state index < -0.39 is 48.5 Å². The molecule has 8 rings (SSSR count). The second-order valence-electron chi connectivity index (χ2n) is 19.0. The second-order valence-corrected chi connectivity index (χ2v) is 19.0. The molecule has 8 aliphatic rings. The summed E-state index contributed by atoms with van der Waals surface area (Å²) in [7, 11) is 0. The first-order valence-corrected chi connectivity index (χ1v) is 19.9. The third-order valence-corrected chi connectivity index (χ3v) is 17.1. The van der Waals surface area contributed by atoms with E-state index in [9.17, 15) is 49.8 Å². The maximum Gasteiger partial charge on any atom is 0.161 e. The second kappa shape index (κ2) is 14.1. The Kier molecular flexibility index (Phi) is 10.8. The normalized spacial score (nSPS) is 49.5. The molecule has 0 amide bonds. The van der Waals surface area contributed by atoms with Gasteiger partial charge in [-0.15, -0.1) is 0 Å². The van der Waals surface area contributed by atoms with E-state index in [0.29, 0.717) is 24.7 Å². The Morgan fingerprint density at radius 1 is 0.623 bits per heavy atom. The predicted octanol–water partition coefficient (Wildman–Crippen LogP) is 2.45. The van der Waals surface area contributed by atoms with E-state index in [0.717, 1.165) is 62.5 Å². The molecule has 0 saturated heterocycles. The molecule has 11 nitrogen and oxygen atoms in total. The summed E-state index contributed by atoms with van der Waals surface area (Å²) in [6.07, 6.45) is 8.76. The lowest BCUT2D eigenvalue weighted by Crippen LogP contribution is -2.60. The summed E-state index contributed by atoms with van der Waals surface area (Å²) in [5.74, 6) is 0.346. The van der Waals surface area contributed by atoms with E-state index in [2.05, 4.69) is 13.8 Å². The quantitative estimate of drug-likeness (QED) is 0.247. The lowest BCUT2D eigenvalue weighted by Gasteiger charge is -2.60. The van der Waals surface area contributed by atoms with Crippen molar-refractivity contribution < 1.29 is 55.3 Å². The summed E-state index contributed by atoms with van der Waals surface area (Å²) in [5.41, 5.74) is 0.297. The van der Waals surface area contributed by atoms with Crippen molar-refractivity contribution in [3.63, 3.8) is 0 Å². The first-order valence-electron chi connectivity index (χ1n) is 19.9. The number of rotatable bonds is 4. The summed E-state index contributed by atoms with van der Waals surface area (Å²) < 4.78 is 0. The average Bonchev–Trinajstić information content (AvgIpc) is 3.61. The van der Waals surface area contributed by atoms with Crippen LogP contribution in [0, 0.1) is 69.0 Å². The van der Waals surface area contributed by atoms with Crippen molar-refractivity contribution in [1.29, 1.82) is 0 Å². The van der Waals surface area contributed by atoms with E-state index in [1.807, 2.05) is 13.8 Å². The Labute approximate surface area is 312 Å². The lowest BCUT2D eigenvalue weighted by atomic mass is 9.45. The van der Waals surface area contributed by atoms with Crippen LogP contribution >= 0.6 is 0 Å². The van der Waals surface area contributed by atoms with Crippen LogP contribution in [0.3, 0.4) is 0 Å². The van der Waals surface area contributed by atoms with E-state index in [4.69, 9.17) is 0 Å². The van der Waals surface area contributed by atoms with E-state index in [-0.39, 0.29) is 87.8 Å². The lowest BCUT2D eigenvalue weighted by molar-refractivity contribution is -0.162. The van der Waals surface area contributed by atoms with Crippen LogP contribution in [0.4, 0.5) is 0 Å². The maximum absolute atomic E-state index is 12.3. The third kappa shape index (κ3) is 5.84. The van der Waals surface area contributed by atoms with Crippen LogP contribution in [0.25, 0.3) is 0 Å². The molecule has 0 unspecified atom stereocenters. The van der Waals surface area contributed by atoms with Crippen molar-refractivity contribution in [2.45, 2.75) is 129 Å². The first kappa shape index (κ1) is 40.5. The van der Waals surface area contributed by atoms with Gasteiger partial charge in [-0.05, 0) is 123 Å². The number of carbonyl (C=O) groups excluding carboxylic acids is 4. The Balaban J connectivity index is 0.000000178. The van der Waals surface area contributed by atoms with Gasteiger partial charge in [-0.3, -0.25) is 19.2 Å². The fraction of sp³-hybridized carbons (Fsp3) is 0.810. The van der Waals surface area contributed by atoms with Crippen LogP contribution in [-0.2, 0) is 19.2 Å². The first-order chi connectivity index (χ1) is 24.5. The number of carbonyl (C=O) groups is 4. The monoisotopic (exact) mass is 742 g/mol. The van der Waals surface area contributed by atoms with Crippen molar-refractivity contribution in [1.82, 2.24) is 0 Å². The molecule has 0 aromatic heterocycles. The van der Waals surface area contributed by atoms with Gasteiger partial charge in [-0.1, -0.05) is 38.8 Å². The molecule has 0 aromatic rings. The maximum atomic E-state index is 12.3. The SMILES string of the molecule is C[C@]12C[C@H](O)[C@H]3[C@@H](CCC4=CC(=O)C[C@@H](O)[C@@]43C)[C@@H]1CC[C@@H]2C(=O)CO.C[C@]12C[C@H](O)[C@H]3[C@@H](CCC4=CC(=O)C[C@@H](O)[C@@]43C)[C@@H]1CC[C@@H]2C(=O)CO.O. The van der Waals surface area contributed by atoms with Crippen LogP contribution in [-0.4, -0.2) is 96.9 Å². The van der Waals surface area contributed by atoms with Gasteiger partial charge in [0.1, 0.15) is 13.2 Å². The molecule has 11 heteroatoms. The Morgan fingerprint density at radius 2 is 0.981 bits per heavy atom. The number of fused-ring (bicyclic) bond motifs is 10. The van der Waals surface area contributed by atoms with Crippen LogP contribution in [0.2, 0.25) is 0 Å². The summed E-state index contributed by atoms with van der Waals surface area (Å²) in [4.78, 5) is 48.5. The Morgan fingerprint density at radius 3 is 1.32 bits per heavy atom. The molecule has 296 valence electrons. The number of aliphatic hydroxyl groups is 6. The van der Waals surface area contributed by atoms with Crippen molar-refractivity contribution in [2.75, 3.05) is 13.2 Å². The highest BCUT2D eigenvalue weighted by molar-refractivity contribution is 5.93. The molecule has 0 aliphatic heterocycles. The summed E-state index contributed by atoms with van der Waals surface area (Å²) in [6.45, 7) is 7.40. The number of aliphatic hydroxyl groups excluding tert-OH is 6. The highest BCUT2D eigenvalue weighted by Gasteiger charge is 2.66. The number of hydrogen-bond donors (Lipinski definition) is 6. The van der Waals surface area contributed by atoms with Crippen molar-refractivity contribution >= 4 is 23.1 Å². The van der Waals surface area contributed by atoms with Gasteiger partial charge in [0, 0.05) is 35.5 Å². The fourth-order valence-corrected chi connectivity index (χ4v) is 14.7. The molecule has 6 fully saturated rings. The highest BCUT2D eigenvalue weighted by Crippen LogP contribution is 2.68. The zero-order chi connectivity index (χ0) is 37.7. The van der Waals surface area contributed by atoms with Gasteiger partial charge in [0.25, 0.3) is 0 Å². The van der Waals surface area contributed by atoms with Gasteiger partial charge in [-0.25, -0.2) is 0 Å². The average molecular weight is 743 g/mol. The van der Waals surface area contributed by atoms with Crippen LogP contribution < -0.4 is 0 Å². The number of ketones is 4. The van der Waals surface area contributed by atoms with E-state index in [1.54, 1.807) is 12.2 Å². The minimum atomic E-state index is -0.752. The summed E-state index contributed by atoms with van der Waals surface area (Å²) >= 11 is 0. The van der Waals surface area contributed by atoms with Gasteiger partial charge >= 0.3 is 0 Å². The minimum Gasteiger partial charge on any atom is -0.412 e. The Hall–Kier alpha value is -2.12. The van der Waals surface area contributed by atoms with Gasteiger partial charge in [-0.2, -0.15) is 0 Å². The molecule has 8 N–H and O–H groups in total. The van der Waals surface area contributed by atoms with Crippen molar-refractivity contribution in [3.8, 4) is 0 Å². The van der Waals surface area contributed by atoms with Crippen molar-refractivity contribution in [3.05, 3.63) is 23.3 Å².